The zero-order chi connectivity index (χ0) is 14.2. The normalized spacial score (nSPS) is 34.6. The molecule has 1 aliphatic rings. The molecule has 0 spiro atoms. The van der Waals surface area contributed by atoms with Crippen molar-refractivity contribution in [2.75, 3.05) is 0 Å². The van der Waals surface area contributed by atoms with E-state index in [2.05, 4.69) is 57.2 Å². The van der Waals surface area contributed by atoms with Crippen LogP contribution < -0.4 is 0 Å². The average Bonchev–Trinajstić information content (AvgIpc) is 2.27. The van der Waals surface area contributed by atoms with Crippen molar-refractivity contribution in [2.24, 2.45) is 22.7 Å². The van der Waals surface area contributed by atoms with Gasteiger partial charge in [-0.3, -0.25) is 0 Å². The second-order valence-electron chi connectivity index (χ2n) is 8.33. The van der Waals surface area contributed by atoms with Gasteiger partial charge in [-0.05, 0) is 41.9 Å². The van der Waals surface area contributed by atoms with E-state index in [9.17, 15) is 0 Å². The summed E-state index contributed by atoms with van der Waals surface area (Å²) in [6.45, 7) is 14.6. The zero-order valence-electron chi connectivity index (χ0n) is 14.2. The molecule has 1 saturated carbocycles. The first-order valence-electron chi connectivity index (χ1n) is 8.12. The van der Waals surface area contributed by atoms with Crippen LogP contribution in [-0.4, -0.2) is 15.7 Å². The van der Waals surface area contributed by atoms with Crippen LogP contribution in [0.5, 0.6) is 0 Å². The quantitative estimate of drug-likeness (QED) is 0.668. The number of hydrogen-bond donors (Lipinski definition) is 0. The fraction of sp³-hybridized carbons (Fsp3) is 1.00. The van der Waals surface area contributed by atoms with Crippen LogP contribution in [0.15, 0.2) is 0 Å². The van der Waals surface area contributed by atoms with E-state index in [0.717, 1.165) is 11.8 Å². The van der Waals surface area contributed by atoms with Crippen molar-refractivity contribution < 1.29 is 0 Å². The van der Waals surface area contributed by atoms with Crippen molar-refractivity contribution in [1.82, 2.24) is 0 Å². The summed E-state index contributed by atoms with van der Waals surface area (Å²) in [5.74, 6) is 1.85. The van der Waals surface area contributed by atoms with Gasteiger partial charge >= 0.3 is 0 Å². The van der Waals surface area contributed by atoms with E-state index in [0.29, 0.717) is 16.0 Å². The van der Waals surface area contributed by atoms with Crippen LogP contribution in [0.1, 0.15) is 73.6 Å². The molecule has 0 amide bonds. The van der Waals surface area contributed by atoms with Crippen LogP contribution in [0, 0.1) is 22.7 Å². The summed E-state index contributed by atoms with van der Waals surface area (Å²) < 4.78 is 0. The molecular formula is C16H34B2. The van der Waals surface area contributed by atoms with Gasteiger partial charge in [0, 0.05) is 0 Å². The second kappa shape index (κ2) is 5.25. The monoisotopic (exact) mass is 248 g/mol. The van der Waals surface area contributed by atoms with Gasteiger partial charge in [-0.1, -0.05) is 59.6 Å². The minimum atomic E-state index is 0.385. The van der Waals surface area contributed by atoms with Gasteiger partial charge in [-0.15, -0.1) is 0 Å². The largest absolute Gasteiger partial charge is 0.101 e. The molecular weight excluding hydrogens is 214 g/mol. The third-order valence-corrected chi connectivity index (χ3v) is 6.96. The van der Waals surface area contributed by atoms with Gasteiger partial charge in [-0.25, -0.2) is 0 Å². The van der Waals surface area contributed by atoms with E-state index in [1.54, 1.807) is 0 Å². The van der Waals surface area contributed by atoms with E-state index < -0.39 is 0 Å². The molecule has 0 bridgehead atoms. The highest BCUT2D eigenvalue weighted by atomic mass is 14.5. The summed E-state index contributed by atoms with van der Waals surface area (Å²) in [5, 5.41) is 0.410. The van der Waals surface area contributed by atoms with Crippen LogP contribution in [0.25, 0.3) is 0 Å². The van der Waals surface area contributed by atoms with E-state index in [4.69, 9.17) is 0 Å². The van der Waals surface area contributed by atoms with Gasteiger partial charge in [0.25, 0.3) is 0 Å². The first-order valence-corrected chi connectivity index (χ1v) is 8.12. The lowest BCUT2D eigenvalue weighted by Gasteiger charge is -2.60. The minimum Gasteiger partial charge on any atom is -0.0742 e. The van der Waals surface area contributed by atoms with Gasteiger partial charge < -0.3 is 0 Å². The molecule has 0 nitrogen and oxygen atoms in total. The van der Waals surface area contributed by atoms with E-state index in [1.807, 2.05) is 0 Å². The Morgan fingerprint density at radius 2 is 1.72 bits per heavy atom. The Morgan fingerprint density at radius 3 is 2.06 bits per heavy atom. The SMILES string of the molecule is BC(B)(C(C)(C)C)C1(CC)CCC(CC)CC1C. The first kappa shape index (κ1) is 16.2. The summed E-state index contributed by atoms with van der Waals surface area (Å²) in [4.78, 5) is 0. The molecule has 1 rings (SSSR count). The van der Waals surface area contributed by atoms with Gasteiger partial charge in [-0.2, -0.15) is 0 Å². The molecule has 0 aromatic heterocycles. The van der Waals surface area contributed by atoms with Crippen molar-refractivity contribution >= 4 is 15.7 Å². The lowest BCUT2D eigenvalue weighted by atomic mass is 9.29. The van der Waals surface area contributed by atoms with Crippen molar-refractivity contribution in [3.63, 3.8) is 0 Å². The number of rotatable bonds is 3. The van der Waals surface area contributed by atoms with Gasteiger partial charge in [0.05, 0.1) is 0 Å². The lowest BCUT2D eigenvalue weighted by molar-refractivity contribution is 0.00890. The summed E-state index contributed by atoms with van der Waals surface area (Å²) >= 11 is 0. The molecule has 0 aromatic rings. The molecule has 0 heterocycles. The van der Waals surface area contributed by atoms with Crippen molar-refractivity contribution in [3.05, 3.63) is 0 Å². The van der Waals surface area contributed by atoms with E-state index in [-0.39, 0.29) is 0 Å². The highest BCUT2D eigenvalue weighted by molar-refractivity contribution is 6.41. The highest BCUT2D eigenvalue weighted by Crippen LogP contribution is 2.63. The zero-order valence-corrected chi connectivity index (χ0v) is 14.2. The van der Waals surface area contributed by atoms with Gasteiger partial charge in [0.2, 0.25) is 0 Å². The maximum absolute atomic E-state index is 2.53. The Hall–Kier alpha value is 0.130. The maximum Gasteiger partial charge on any atom is 0.101 e. The second-order valence-corrected chi connectivity index (χ2v) is 8.33. The number of hydrogen-bond acceptors (Lipinski definition) is 0. The molecule has 0 N–H and O–H groups in total. The Bertz CT molecular complexity index is 277. The van der Waals surface area contributed by atoms with E-state index >= 15 is 0 Å². The molecule has 3 unspecified atom stereocenters. The van der Waals surface area contributed by atoms with Gasteiger partial charge in [0.15, 0.2) is 0 Å². The van der Waals surface area contributed by atoms with E-state index in [1.165, 1.54) is 32.1 Å². The maximum atomic E-state index is 2.53. The predicted octanol–water partition coefficient (Wildman–Crippen LogP) is 3.66. The first-order chi connectivity index (χ1) is 8.12. The minimum absolute atomic E-state index is 0.385. The fourth-order valence-electron chi connectivity index (χ4n) is 4.56. The summed E-state index contributed by atoms with van der Waals surface area (Å²) in [7, 11) is 5.05. The van der Waals surface area contributed by atoms with Crippen LogP contribution in [-0.2, 0) is 0 Å². The lowest BCUT2D eigenvalue weighted by Crippen LogP contribution is -2.51. The highest BCUT2D eigenvalue weighted by Gasteiger charge is 2.53. The molecule has 0 aromatic carbocycles. The van der Waals surface area contributed by atoms with Crippen LogP contribution in [0.3, 0.4) is 0 Å². The molecule has 1 fully saturated rings. The van der Waals surface area contributed by atoms with Crippen molar-refractivity contribution in [2.45, 2.75) is 78.9 Å². The Labute approximate surface area is 118 Å². The smallest absolute Gasteiger partial charge is 0.0742 e. The predicted molar refractivity (Wildman–Crippen MR) is 88.8 cm³/mol. The summed E-state index contributed by atoms with van der Waals surface area (Å²) in [6.07, 6.45) is 7.06. The molecule has 2 heteroatoms. The molecule has 0 saturated heterocycles. The summed E-state index contributed by atoms with van der Waals surface area (Å²) in [5.41, 5.74) is 0.924. The Balaban J connectivity index is 3.07. The Kier molecular flexibility index (Phi) is 4.72. The van der Waals surface area contributed by atoms with Crippen LogP contribution >= 0.6 is 0 Å². The van der Waals surface area contributed by atoms with Crippen molar-refractivity contribution in [3.8, 4) is 0 Å². The third-order valence-electron chi connectivity index (χ3n) is 6.96. The standard InChI is InChI=1S/C16H34B2/c1-7-13-9-10-15(8-2,12(3)11-13)16(17,18)14(4,5)6/h12-13H,7-11,17-18H2,1-6H3. The molecule has 0 aliphatic heterocycles. The fourth-order valence-corrected chi connectivity index (χ4v) is 4.56. The van der Waals surface area contributed by atoms with Crippen molar-refractivity contribution in [1.29, 1.82) is 0 Å². The molecule has 104 valence electrons. The molecule has 1 aliphatic carbocycles. The van der Waals surface area contributed by atoms with Gasteiger partial charge in [0.1, 0.15) is 15.7 Å². The third kappa shape index (κ3) is 2.41. The average molecular weight is 248 g/mol. The topological polar surface area (TPSA) is 0 Å². The molecule has 3 atom stereocenters. The summed E-state index contributed by atoms with van der Waals surface area (Å²) in [6, 6.07) is 0. The van der Waals surface area contributed by atoms with Crippen LogP contribution in [0.4, 0.5) is 0 Å². The van der Waals surface area contributed by atoms with Crippen LogP contribution in [0.2, 0.25) is 5.21 Å². The Morgan fingerprint density at radius 1 is 1.17 bits per heavy atom. The molecule has 18 heavy (non-hydrogen) atoms. The molecule has 0 radical (unpaired) electrons.